The van der Waals surface area contributed by atoms with E-state index in [1.807, 2.05) is 26.0 Å². The molecule has 0 saturated heterocycles. The minimum atomic E-state index is -1.34. The van der Waals surface area contributed by atoms with Crippen molar-refractivity contribution >= 4 is 23.2 Å². The van der Waals surface area contributed by atoms with Gasteiger partial charge in [-0.15, -0.1) is 0 Å². The Morgan fingerprint density at radius 1 is 0.667 bits per heavy atom. The normalized spacial score (nSPS) is 10.1. The number of ether oxygens (including phenoxy) is 1. The number of methoxy groups -OCH3 is 1. The maximum atomic E-state index is 10.7. The number of amides is 3. The van der Waals surface area contributed by atoms with E-state index in [-0.39, 0.29) is 11.9 Å². The highest BCUT2D eigenvalue weighted by Crippen LogP contribution is 1.89. The van der Waals surface area contributed by atoms with Gasteiger partial charge in [-0.2, -0.15) is 9.35 Å². The van der Waals surface area contributed by atoms with Crippen molar-refractivity contribution in [3.8, 4) is 0 Å². The van der Waals surface area contributed by atoms with E-state index in [1.165, 1.54) is 31.0 Å². The second-order valence-corrected chi connectivity index (χ2v) is 8.46. The molecule has 0 heterocycles. The molecule has 0 bridgehead atoms. The quantitative estimate of drug-likeness (QED) is 0.563. The Morgan fingerprint density at radius 2 is 0.900 bits per heavy atom. The lowest BCUT2D eigenvalue weighted by Gasteiger charge is -2.16. The van der Waals surface area contributed by atoms with E-state index in [1.54, 1.807) is 84.7 Å². The van der Waals surface area contributed by atoms with E-state index >= 15 is 0 Å². The summed E-state index contributed by atoms with van der Waals surface area (Å²) in [6.45, 7) is 1.53. The molecule has 0 aliphatic heterocycles. The SMILES string of the molecule is CC(=O)N(C)C.CN(C)C.CN(C)C(=O)N(C)C.CN(C)OS(=O)N(C)C.COC. The highest BCUT2D eigenvalue weighted by molar-refractivity contribution is 7.77. The molecule has 0 spiro atoms. The van der Waals surface area contributed by atoms with Gasteiger partial charge in [0.2, 0.25) is 5.91 Å². The average Bonchev–Trinajstić information content (AvgIpc) is 2.54. The second-order valence-electron chi connectivity index (χ2n) is 7.15. The van der Waals surface area contributed by atoms with Gasteiger partial charge >= 0.3 is 6.03 Å². The predicted molar refractivity (Wildman–Crippen MR) is 126 cm³/mol. The van der Waals surface area contributed by atoms with Gasteiger partial charge in [0, 0.05) is 91.6 Å². The number of carbonyl (C=O) groups excluding carboxylic acids is 2. The van der Waals surface area contributed by atoms with Gasteiger partial charge < -0.3 is 24.3 Å². The molecule has 0 aromatic carbocycles. The van der Waals surface area contributed by atoms with E-state index in [0.29, 0.717) is 0 Å². The van der Waals surface area contributed by atoms with Gasteiger partial charge in [-0.1, -0.05) is 0 Å². The van der Waals surface area contributed by atoms with Crippen LogP contribution in [0, 0.1) is 0 Å². The molecule has 3 amide bonds. The fourth-order valence-electron chi connectivity index (χ4n) is 0.594. The van der Waals surface area contributed by atoms with Gasteiger partial charge in [0.05, 0.1) is 0 Å². The Bertz CT molecular complexity index is 407. The first-order valence-electron chi connectivity index (χ1n) is 8.91. The lowest BCUT2D eigenvalue weighted by atomic mass is 10.7. The summed E-state index contributed by atoms with van der Waals surface area (Å²) in [6.07, 6.45) is 0. The van der Waals surface area contributed by atoms with E-state index in [4.69, 9.17) is 4.28 Å². The molecule has 0 aliphatic carbocycles. The summed E-state index contributed by atoms with van der Waals surface area (Å²) >= 11 is -1.34. The number of rotatable bonds is 3. The lowest BCUT2D eigenvalue weighted by molar-refractivity contribution is -0.126. The standard InChI is InChI=1S/C5H12N2O.C4H12N2O2S.C4H9NO.C3H9N.C2H6O/c1-6(2)5(8)7(3)4;1-5(2)8-9(7)6(3)4;1-4(6)5(2)3;1-4(2)3;1-3-2/h1-4H3;1-4H3;1-3H3;1-3H3;1-2H3. The number of hydrogen-bond donors (Lipinski definition) is 0. The third kappa shape index (κ3) is 50.4. The molecule has 0 aromatic rings. The van der Waals surface area contributed by atoms with Crippen LogP contribution in [0.2, 0.25) is 0 Å². The second kappa shape index (κ2) is 25.7. The summed E-state index contributed by atoms with van der Waals surface area (Å²) in [4.78, 5) is 27.3. The van der Waals surface area contributed by atoms with Gasteiger partial charge in [0.25, 0.3) is 11.3 Å². The van der Waals surface area contributed by atoms with E-state index in [9.17, 15) is 13.8 Å². The van der Waals surface area contributed by atoms with Crippen LogP contribution in [0.15, 0.2) is 0 Å². The molecule has 186 valence electrons. The van der Waals surface area contributed by atoms with Gasteiger partial charge in [-0.3, -0.25) is 4.79 Å². The number of hydroxylamine groups is 2. The maximum Gasteiger partial charge on any atom is 0.318 e. The Kier molecular flexibility index (Phi) is 33.6. The fraction of sp³-hybridized carbons (Fsp3) is 0.889. The summed E-state index contributed by atoms with van der Waals surface area (Å²) in [5.41, 5.74) is 0. The Labute approximate surface area is 188 Å². The Balaban J connectivity index is -0.0000000914. The molecule has 1 atom stereocenters. The summed E-state index contributed by atoms with van der Waals surface area (Å²) in [5, 5.41) is 1.40. The molecular formula is C18H48N6O5S. The van der Waals surface area contributed by atoms with Crippen molar-refractivity contribution in [2.75, 3.05) is 106 Å². The molecule has 0 aromatic heterocycles. The predicted octanol–water partition coefficient (Wildman–Crippen LogP) is 0.384. The molecular weight excluding hydrogens is 412 g/mol. The monoisotopic (exact) mass is 460 g/mol. The number of carbonyl (C=O) groups is 2. The Hall–Kier alpha value is -1.31. The van der Waals surface area contributed by atoms with Crippen LogP contribution in [0.4, 0.5) is 4.79 Å². The number of hydrogen-bond acceptors (Lipinski definition) is 7. The van der Waals surface area contributed by atoms with Crippen LogP contribution in [0.3, 0.4) is 0 Å². The molecule has 11 nitrogen and oxygen atoms in total. The zero-order valence-corrected chi connectivity index (χ0v) is 22.9. The molecule has 30 heavy (non-hydrogen) atoms. The van der Waals surface area contributed by atoms with Crippen molar-refractivity contribution in [1.29, 1.82) is 0 Å². The highest BCUT2D eigenvalue weighted by Gasteiger charge is 2.03. The summed E-state index contributed by atoms with van der Waals surface area (Å²) in [5.74, 6) is 0.0926. The molecule has 0 N–H and O–H groups in total. The zero-order valence-electron chi connectivity index (χ0n) is 22.1. The Morgan fingerprint density at radius 3 is 0.933 bits per heavy atom. The molecule has 0 radical (unpaired) electrons. The summed E-state index contributed by atoms with van der Waals surface area (Å²) in [7, 11) is 26.3. The first kappa shape index (κ1) is 39.2. The largest absolute Gasteiger partial charge is 0.388 e. The molecule has 12 heteroatoms. The smallest absolute Gasteiger partial charge is 0.318 e. The average molecular weight is 461 g/mol. The molecule has 0 fully saturated rings. The maximum absolute atomic E-state index is 10.7. The molecule has 1 unspecified atom stereocenters. The van der Waals surface area contributed by atoms with Crippen LogP contribution in [0.5, 0.6) is 0 Å². The van der Waals surface area contributed by atoms with Crippen molar-refractivity contribution in [2.45, 2.75) is 6.92 Å². The molecule has 0 saturated carbocycles. The van der Waals surface area contributed by atoms with Crippen LogP contribution >= 0.6 is 0 Å². The third-order valence-corrected chi connectivity index (χ3v) is 2.93. The summed E-state index contributed by atoms with van der Waals surface area (Å²) < 4.78 is 21.2. The first-order valence-corrected chi connectivity index (χ1v) is 9.94. The van der Waals surface area contributed by atoms with Crippen LogP contribution < -0.4 is 0 Å². The van der Waals surface area contributed by atoms with E-state index < -0.39 is 11.3 Å². The topological polar surface area (TPSA) is 89.1 Å². The van der Waals surface area contributed by atoms with E-state index in [2.05, 4.69) is 4.74 Å². The van der Waals surface area contributed by atoms with Gasteiger partial charge in [-0.25, -0.2) is 13.3 Å². The van der Waals surface area contributed by atoms with Gasteiger partial charge in [-0.05, 0) is 21.1 Å². The number of urea groups is 1. The molecule has 0 rings (SSSR count). The van der Waals surface area contributed by atoms with E-state index in [0.717, 1.165) is 0 Å². The van der Waals surface area contributed by atoms with Crippen LogP contribution in [-0.2, 0) is 25.1 Å². The molecule has 0 aliphatic rings. The van der Waals surface area contributed by atoms with Crippen LogP contribution in [0.1, 0.15) is 6.92 Å². The van der Waals surface area contributed by atoms with Crippen molar-refractivity contribution in [3.05, 3.63) is 0 Å². The fourth-order valence-corrected chi connectivity index (χ4v) is 0.983. The van der Waals surface area contributed by atoms with Crippen molar-refractivity contribution in [2.24, 2.45) is 0 Å². The highest BCUT2D eigenvalue weighted by atomic mass is 32.2. The summed E-state index contributed by atoms with van der Waals surface area (Å²) in [6, 6.07) is 0.0185. The zero-order chi connectivity index (χ0) is 25.6. The minimum Gasteiger partial charge on any atom is -0.388 e. The van der Waals surface area contributed by atoms with Crippen molar-refractivity contribution in [3.63, 3.8) is 0 Å². The first-order chi connectivity index (χ1) is 13.4. The van der Waals surface area contributed by atoms with Crippen LogP contribution in [0.25, 0.3) is 0 Å². The van der Waals surface area contributed by atoms with Gasteiger partial charge in [0.15, 0.2) is 0 Å². The number of nitrogens with zero attached hydrogens (tertiary/aromatic N) is 6. The minimum absolute atomic E-state index is 0.0185. The lowest BCUT2D eigenvalue weighted by Crippen LogP contribution is -2.33. The van der Waals surface area contributed by atoms with Crippen molar-refractivity contribution in [1.82, 2.24) is 29.0 Å². The van der Waals surface area contributed by atoms with Crippen molar-refractivity contribution < 1.29 is 22.8 Å². The van der Waals surface area contributed by atoms with Crippen LogP contribution in [-0.4, -0.2) is 151 Å². The third-order valence-electron chi connectivity index (χ3n) is 1.91. The van der Waals surface area contributed by atoms with Gasteiger partial charge in [0.1, 0.15) is 0 Å².